The number of aliphatic hydroxyl groups is 1. The van der Waals surface area contributed by atoms with Crippen LogP contribution in [0.3, 0.4) is 0 Å². The van der Waals surface area contributed by atoms with Gasteiger partial charge in [-0.05, 0) is 24.7 Å². The fraction of sp³-hybridized carbons (Fsp3) is 0.429. The lowest BCUT2D eigenvalue weighted by Gasteiger charge is -2.45. The van der Waals surface area contributed by atoms with Gasteiger partial charge in [0.1, 0.15) is 5.92 Å². The Morgan fingerprint density at radius 1 is 1.50 bits per heavy atom. The smallest absolute Gasteiger partial charge is 0.437 e. The minimum absolute atomic E-state index is 0.0382. The molecule has 8 nitrogen and oxygen atoms in total. The average Bonchev–Trinajstić information content (AvgIpc) is 2.53. The molecule has 142 valence electrons. The quantitative estimate of drug-likeness (QED) is 0.306. The molecule has 0 aliphatic carbocycles. The van der Waals surface area contributed by atoms with Crippen LogP contribution in [0.2, 0.25) is 0 Å². The van der Waals surface area contributed by atoms with E-state index in [1.807, 2.05) is 0 Å². The lowest BCUT2D eigenvalue weighted by atomic mass is 9.82. The van der Waals surface area contributed by atoms with Crippen molar-refractivity contribution in [3.63, 3.8) is 0 Å². The molecule has 3 N–H and O–H groups in total. The van der Waals surface area contributed by atoms with Crippen LogP contribution in [-0.2, 0) is 9.53 Å². The van der Waals surface area contributed by atoms with Crippen molar-refractivity contribution in [2.24, 2.45) is 5.92 Å². The standard InChI is InChI=1S/C14H14F3N3O5S/c1-2-25-11(21)9-10(7-4-3-5-8(6-7)20(23)24)18-12(26)19-13(9,22)14(15,16)17/h3-6,9-10,22H,2H2,1H3,(H2,18,19,26)/t9-,10-,13-/m1/s1. The number of carbonyl (C=O) groups is 1. The Morgan fingerprint density at radius 2 is 2.15 bits per heavy atom. The number of nitro benzene ring substituents is 1. The van der Waals surface area contributed by atoms with Gasteiger partial charge in [-0.2, -0.15) is 13.2 Å². The molecule has 1 fully saturated rings. The number of rotatable bonds is 4. The van der Waals surface area contributed by atoms with Crippen molar-refractivity contribution in [3.8, 4) is 0 Å². The maximum absolute atomic E-state index is 13.5. The number of ether oxygens (including phenoxy) is 1. The highest BCUT2D eigenvalue weighted by Crippen LogP contribution is 2.43. The molecule has 12 heteroatoms. The molecule has 0 spiro atoms. The molecule has 0 aromatic heterocycles. The molecule has 0 bridgehead atoms. The second-order valence-corrected chi connectivity index (χ2v) is 5.83. The third-order valence-electron chi connectivity index (χ3n) is 3.79. The van der Waals surface area contributed by atoms with Crippen LogP contribution in [0.4, 0.5) is 18.9 Å². The van der Waals surface area contributed by atoms with Crippen LogP contribution in [-0.4, -0.2) is 39.6 Å². The molecule has 0 saturated carbocycles. The number of alkyl halides is 3. The summed E-state index contributed by atoms with van der Waals surface area (Å²) in [7, 11) is 0. The van der Waals surface area contributed by atoms with Gasteiger partial charge in [-0.15, -0.1) is 0 Å². The number of thiocarbonyl (C=S) groups is 1. The Hall–Kier alpha value is -2.47. The van der Waals surface area contributed by atoms with E-state index in [0.29, 0.717) is 0 Å². The summed E-state index contributed by atoms with van der Waals surface area (Å²) in [5.41, 5.74) is -4.15. The van der Waals surface area contributed by atoms with Gasteiger partial charge in [0.2, 0.25) is 0 Å². The number of nitrogens with zero attached hydrogens (tertiary/aromatic N) is 1. The van der Waals surface area contributed by atoms with Crippen molar-refractivity contribution in [1.82, 2.24) is 10.6 Å². The first-order valence-corrected chi connectivity index (χ1v) is 7.71. The van der Waals surface area contributed by atoms with E-state index in [2.05, 4.69) is 10.1 Å². The first kappa shape index (κ1) is 19.8. The molecule has 1 aliphatic heterocycles. The molecule has 0 radical (unpaired) electrons. The summed E-state index contributed by atoms with van der Waals surface area (Å²) in [5.74, 6) is -3.54. The number of halogens is 3. The predicted octanol–water partition coefficient (Wildman–Crippen LogP) is 1.54. The van der Waals surface area contributed by atoms with E-state index in [1.54, 1.807) is 5.32 Å². The summed E-state index contributed by atoms with van der Waals surface area (Å²) < 4.78 is 45.3. The van der Waals surface area contributed by atoms with E-state index >= 15 is 0 Å². The number of hydrogen-bond donors (Lipinski definition) is 3. The van der Waals surface area contributed by atoms with Gasteiger partial charge in [0.15, 0.2) is 5.11 Å². The van der Waals surface area contributed by atoms with Gasteiger partial charge in [0.25, 0.3) is 11.4 Å². The number of hydrogen-bond acceptors (Lipinski definition) is 6. The zero-order valence-electron chi connectivity index (χ0n) is 13.2. The number of carbonyl (C=O) groups excluding carboxylic acids is 1. The molecule has 3 atom stereocenters. The fourth-order valence-electron chi connectivity index (χ4n) is 2.65. The Balaban J connectivity index is 2.60. The predicted molar refractivity (Wildman–Crippen MR) is 85.8 cm³/mol. The third kappa shape index (κ3) is 3.55. The number of nitro groups is 1. The van der Waals surface area contributed by atoms with Crippen LogP contribution in [0.1, 0.15) is 18.5 Å². The summed E-state index contributed by atoms with van der Waals surface area (Å²) in [5, 5.41) is 24.7. The number of nitrogens with one attached hydrogen (secondary N) is 2. The van der Waals surface area contributed by atoms with E-state index in [4.69, 9.17) is 12.2 Å². The summed E-state index contributed by atoms with van der Waals surface area (Å²) in [6.07, 6.45) is -5.28. The van der Waals surface area contributed by atoms with Crippen LogP contribution in [0.15, 0.2) is 24.3 Å². The van der Waals surface area contributed by atoms with Gasteiger partial charge in [0.05, 0.1) is 17.6 Å². The van der Waals surface area contributed by atoms with Gasteiger partial charge in [-0.3, -0.25) is 14.9 Å². The van der Waals surface area contributed by atoms with Crippen molar-refractivity contribution in [3.05, 3.63) is 39.9 Å². The maximum Gasteiger partial charge on any atom is 0.437 e. The van der Waals surface area contributed by atoms with E-state index in [9.17, 15) is 33.2 Å². The molecule has 0 unspecified atom stereocenters. The molecule has 1 saturated heterocycles. The van der Waals surface area contributed by atoms with Crippen molar-refractivity contribution in [1.29, 1.82) is 0 Å². The van der Waals surface area contributed by atoms with Crippen LogP contribution >= 0.6 is 12.2 Å². The molecular formula is C14H14F3N3O5S. The second kappa shape index (κ2) is 7.03. The number of esters is 1. The third-order valence-corrected chi connectivity index (χ3v) is 4.01. The molecule has 1 aromatic rings. The van der Waals surface area contributed by atoms with Crippen LogP contribution in [0.5, 0.6) is 0 Å². The monoisotopic (exact) mass is 393 g/mol. The Morgan fingerprint density at radius 3 is 2.69 bits per heavy atom. The van der Waals surface area contributed by atoms with E-state index in [1.165, 1.54) is 19.1 Å². The van der Waals surface area contributed by atoms with Gasteiger partial charge in [-0.1, -0.05) is 12.1 Å². The number of non-ortho nitro benzene ring substituents is 1. The highest BCUT2D eigenvalue weighted by molar-refractivity contribution is 7.80. The van der Waals surface area contributed by atoms with Crippen molar-refractivity contribution < 1.29 is 32.7 Å². The van der Waals surface area contributed by atoms with Crippen LogP contribution in [0, 0.1) is 16.0 Å². The van der Waals surface area contributed by atoms with E-state index < -0.39 is 45.6 Å². The van der Waals surface area contributed by atoms with Gasteiger partial charge >= 0.3 is 12.1 Å². The summed E-state index contributed by atoms with van der Waals surface area (Å²) in [6.45, 7) is 1.16. The Kier molecular flexibility index (Phi) is 5.37. The molecule has 0 amide bonds. The largest absolute Gasteiger partial charge is 0.466 e. The molecule has 1 aliphatic rings. The first-order valence-electron chi connectivity index (χ1n) is 7.30. The fourth-order valence-corrected chi connectivity index (χ4v) is 2.93. The average molecular weight is 393 g/mol. The molecule has 26 heavy (non-hydrogen) atoms. The van der Waals surface area contributed by atoms with Crippen LogP contribution in [0.25, 0.3) is 0 Å². The molecule has 1 heterocycles. The van der Waals surface area contributed by atoms with E-state index in [-0.39, 0.29) is 12.2 Å². The molecule has 1 aromatic carbocycles. The Bertz CT molecular complexity index is 745. The van der Waals surface area contributed by atoms with Gasteiger partial charge < -0.3 is 20.5 Å². The van der Waals surface area contributed by atoms with Crippen molar-refractivity contribution >= 4 is 29.0 Å². The van der Waals surface area contributed by atoms with Crippen molar-refractivity contribution in [2.75, 3.05) is 6.61 Å². The Labute approximate surface area is 150 Å². The zero-order chi connectivity index (χ0) is 19.7. The topological polar surface area (TPSA) is 114 Å². The highest BCUT2D eigenvalue weighted by Gasteiger charge is 2.66. The zero-order valence-corrected chi connectivity index (χ0v) is 14.1. The van der Waals surface area contributed by atoms with Gasteiger partial charge in [-0.25, -0.2) is 0 Å². The lowest BCUT2D eigenvalue weighted by Crippen LogP contribution is -2.73. The minimum atomic E-state index is -5.28. The minimum Gasteiger partial charge on any atom is -0.466 e. The molecular weight excluding hydrogens is 379 g/mol. The highest BCUT2D eigenvalue weighted by atomic mass is 32.1. The van der Waals surface area contributed by atoms with Gasteiger partial charge in [0, 0.05) is 12.1 Å². The van der Waals surface area contributed by atoms with E-state index in [0.717, 1.165) is 12.1 Å². The number of benzene rings is 1. The lowest BCUT2D eigenvalue weighted by molar-refractivity contribution is -0.385. The molecule has 2 rings (SSSR count). The maximum atomic E-state index is 13.5. The van der Waals surface area contributed by atoms with Crippen molar-refractivity contribution in [2.45, 2.75) is 24.9 Å². The normalized spacial score (nSPS) is 25.8. The first-order chi connectivity index (χ1) is 12.0. The summed E-state index contributed by atoms with van der Waals surface area (Å²) in [4.78, 5) is 22.4. The summed E-state index contributed by atoms with van der Waals surface area (Å²) in [6, 6.07) is 3.15. The summed E-state index contributed by atoms with van der Waals surface area (Å²) >= 11 is 4.72. The SMILES string of the molecule is CCOC(=O)[C@H]1[C@@H](c2cccc([N+](=O)[O-])c2)NC(=S)N[C@]1(O)C(F)(F)F. The van der Waals surface area contributed by atoms with Crippen LogP contribution < -0.4 is 10.6 Å². The second-order valence-electron chi connectivity index (χ2n) is 5.42.